The summed E-state index contributed by atoms with van der Waals surface area (Å²) in [6.45, 7) is 2.93. The summed E-state index contributed by atoms with van der Waals surface area (Å²) in [6, 6.07) is 7.68. The summed E-state index contributed by atoms with van der Waals surface area (Å²) in [7, 11) is 1.64. The third kappa shape index (κ3) is 4.36. The van der Waals surface area contributed by atoms with Gasteiger partial charge in [0.1, 0.15) is 11.4 Å². The molecule has 0 aliphatic rings. The number of aliphatic hydroxyl groups is 1. The molecule has 108 valence electrons. The highest BCUT2D eigenvalue weighted by Gasteiger charge is 2.21. The van der Waals surface area contributed by atoms with Crippen molar-refractivity contribution in [3.8, 4) is 5.75 Å². The van der Waals surface area contributed by atoms with E-state index in [-0.39, 0.29) is 6.61 Å². The standard InChI is InChI=1S/C15H20N2O3/c1-15(18,10-17-8-7-16-12-17)11-20-9-13-3-5-14(19-2)6-4-13/h3-8,12,18H,9-11H2,1-2H3. The van der Waals surface area contributed by atoms with E-state index < -0.39 is 5.60 Å². The van der Waals surface area contributed by atoms with Gasteiger partial charge in [0, 0.05) is 12.4 Å². The van der Waals surface area contributed by atoms with Crippen molar-refractivity contribution < 1.29 is 14.6 Å². The highest BCUT2D eigenvalue weighted by Crippen LogP contribution is 2.13. The van der Waals surface area contributed by atoms with Crippen molar-refractivity contribution in [2.75, 3.05) is 13.7 Å². The molecule has 1 atom stereocenters. The first-order chi connectivity index (χ1) is 9.59. The minimum absolute atomic E-state index is 0.261. The minimum Gasteiger partial charge on any atom is -0.497 e. The lowest BCUT2D eigenvalue weighted by atomic mass is 10.1. The van der Waals surface area contributed by atoms with Crippen LogP contribution in [0.4, 0.5) is 0 Å². The smallest absolute Gasteiger partial charge is 0.118 e. The Morgan fingerprint density at radius 3 is 2.65 bits per heavy atom. The molecule has 5 heteroatoms. The van der Waals surface area contributed by atoms with Gasteiger partial charge in [-0.1, -0.05) is 12.1 Å². The molecule has 1 aromatic heterocycles. The Kier molecular flexibility index (Phi) is 4.76. The van der Waals surface area contributed by atoms with E-state index in [9.17, 15) is 5.11 Å². The molecule has 0 radical (unpaired) electrons. The van der Waals surface area contributed by atoms with Gasteiger partial charge >= 0.3 is 0 Å². The fraction of sp³-hybridized carbons (Fsp3) is 0.400. The van der Waals surface area contributed by atoms with Gasteiger partial charge in [-0.15, -0.1) is 0 Å². The van der Waals surface area contributed by atoms with Gasteiger partial charge < -0.3 is 19.1 Å². The number of ether oxygens (including phenoxy) is 2. The number of benzene rings is 1. The van der Waals surface area contributed by atoms with E-state index in [2.05, 4.69) is 4.98 Å². The fourth-order valence-corrected chi connectivity index (χ4v) is 1.93. The lowest BCUT2D eigenvalue weighted by molar-refractivity contribution is -0.0494. The predicted octanol–water partition coefficient (Wildman–Crippen LogP) is 1.86. The molecule has 0 fully saturated rings. The van der Waals surface area contributed by atoms with Crippen LogP contribution in [0.1, 0.15) is 12.5 Å². The topological polar surface area (TPSA) is 56.5 Å². The maximum atomic E-state index is 10.3. The third-order valence-electron chi connectivity index (χ3n) is 2.92. The predicted molar refractivity (Wildman–Crippen MR) is 75.5 cm³/mol. The molecule has 1 unspecified atom stereocenters. The minimum atomic E-state index is -0.923. The second-order valence-electron chi connectivity index (χ2n) is 5.07. The highest BCUT2D eigenvalue weighted by atomic mass is 16.5. The number of nitrogens with zero attached hydrogens (tertiary/aromatic N) is 2. The Morgan fingerprint density at radius 2 is 2.05 bits per heavy atom. The molecular weight excluding hydrogens is 256 g/mol. The molecule has 2 aromatic rings. The molecule has 0 amide bonds. The van der Waals surface area contributed by atoms with Crippen LogP contribution < -0.4 is 4.74 Å². The molecule has 0 spiro atoms. The van der Waals surface area contributed by atoms with E-state index in [1.807, 2.05) is 35.0 Å². The van der Waals surface area contributed by atoms with E-state index >= 15 is 0 Å². The van der Waals surface area contributed by atoms with Gasteiger partial charge in [-0.3, -0.25) is 0 Å². The Balaban J connectivity index is 1.79. The van der Waals surface area contributed by atoms with Gasteiger partial charge in [0.15, 0.2) is 0 Å². The summed E-state index contributed by atoms with van der Waals surface area (Å²) >= 11 is 0. The van der Waals surface area contributed by atoms with E-state index in [1.54, 1.807) is 26.6 Å². The van der Waals surface area contributed by atoms with Crippen LogP contribution in [0, 0.1) is 0 Å². The monoisotopic (exact) mass is 276 g/mol. The summed E-state index contributed by atoms with van der Waals surface area (Å²) in [6.07, 6.45) is 5.18. The molecule has 5 nitrogen and oxygen atoms in total. The van der Waals surface area contributed by atoms with E-state index in [0.29, 0.717) is 13.2 Å². The van der Waals surface area contributed by atoms with Crippen molar-refractivity contribution in [3.05, 3.63) is 48.5 Å². The fourth-order valence-electron chi connectivity index (χ4n) is 1.93. The van der Waals surface area contributed by atoms with Crippen molar-refractivity contribution in [2.24, 2.45) is 0 Å². The number of rotatable bonds is 7. The van der Waals surface area contributed by atoms with Crippen LogP contribution in [0.2, 0.25) is 0 Å². The van der Waals surface area contributed by atoms with Gasteiger partial charge in [-0.2, -0.15) is 0 Å². The van der Waals surface area contributed by atoms with Gasteiger partial charge in [0.2, 0.25) is 0 Å². The van der Waals surface area contributed by atoms with Crippen LogP contribution in [0.3, 0.4) is 0 Å². The largest absolute Gasteiger partial charge is 0.497 e. The number of imidazole rings is 1. The molecule has 1 aromatic carbocycles. The van der Waals surface area contributed by atoms with Gasteiger partial charge in [0.05, 0.1) is 33.2 Å². The normalized spacial score (nSPS) is 13.9. The third-order valence-corrected chi connectivity index (χ3v) is 2.92. The van der Waals surface area contributed by atoms with E-state index in [1.165, 1.54) is 0 Å². The Morgan fingerprint density at radius 1 is 1.30 bits per heavy atom. The quantitative estimate of drug-likeness (QED) is 0.838. The van der Waals surface area contributed by atoms with E-state index in [4.69, 9.17) is 9.47 Å². The Bertz CT molecular complexity index is 506. The molecule has 0 aliphatic carbocycles. The van der Waals surface area contributed by atoms with Crippen molar-refractivity contribution in [1.29, 1.82) is 0 Å². The van der Waals surface area contributed by atoms with Gasteiger partial charge in [0.25, 0.3) is 0 Å². The van der Waals surface area contributed by atoms with Crippen molar-refractivity contribution in [3.63, 3.8) is 0 Å². The van der Waals surface area contributed by atoms with Crippen LogP contribution in [0.5, 0.6) is 5.75 Å². The molecule has 1 heterocycles. The van der Waals surface area contributed by atoms with Crippen molar-refractivity contribution >= 4 is 0 Å². The SMILES string of the molecule is COc1ccc(COCC(C)(O)Cn2ccnc2)cc1. The first kappa shape index (κ1) is 14.6. The molecular formula is C15H20N2O3. The molecule has 1 N–H and O–H groups in total. The van der Waals surface area contributed by atoms with Gasteiger partial charge in [-0.05, 0) is 24.6 Å². The molecule has 0 saturated carbocycles. The van der Waals surface area contributed by atoms with E-state index in [0.717, 1.165) is 11.3 Å². The summed E-state index contributed by atoms with van der Waals surface area (Å²) < 4.78 is 12.5. The average molecular weight is 276 g/mol. The zero-order valence-electron chi connectivity index (χ0n) is 11.8. The second-order valence-corrected chi connectivity index (χ2v) is 5.07. The maximum Gasteiger partial charge on any atom is 0.118 e. The summed E-state index contributed by atoms with van der Waals surface area (Å²) in [4.78, 5) is 3.95. The summed E-state index contributed by atoms with van der Waals surface area (Å²) in [5.41, 5.74) is 0.122. The number of hydrogen-bond donors (Lipinski definition) is 1. The van der Waals surface area contributed by atoms with Gasteiger partial charge in [-0.25, -0.2) is 4.98 Å². The second kappa shape index (κ2) is 6.54. The van der Waals surface area contributed by atoms with Crippen LogP contribution in [-0.2, 0) is 17.9 Å². The average Bonchev–Trinajstić information content (AvgIpc) is 2.91. The van der Waals surface area contributed by atoms with Crippen LogP contribution in [0.15, 0.2) is 43.0 Å². The van der Waals surface area contributed by atoms with Crippen LogP contribution >= 0.6 is 0 Å². The molecule has 0 bridgehead atoms. The maximum absolute atomic E-state index is 10.3. The Labute approximate surface area is 118 Å². The molecule has 20 heavy (non-hydrogen) atoms. The molecule has 0 saturated heterocycles. The highest BCUT2D eigenvalue weighted by molar-refractivity contribution is 5.26. The first-order valence-electron chi connectivity index (χ1n) is 6.48. The zero-order chi connectivity index (χ0) is 14.4. The lowest BCUT2D eigenvalue weighted by Crippen LogP contribution is -2.35. The van der Waals surface area contributed by atoms with Crippen molar-refractivity contribution in [1.82, 2.24) is 9.55 Å². The number of methoxy groups -OCH3 is 1. The number of aromatic nitrogens is 2. The van der Waals surface area contributed by atoms with Crippen molar-refractivity contribution in [2.45, 2.75) is 25.7 Å². The summed E-state index contributed by atoms with van der Waals surface area (Å²) in [5, 5.41) is 10.3. The van der Waals surface area contributed by atoms with Crippen LogP contribution in [0.25, 0.3) is 0 Å². The summed E-state index contributed by atoms with van der Waals surface area (Å²) in [5.74, 6) is 0.820. The molecule has 2 rings (SSSR count). The van der Waals surface area contributed by atoms with Crippen LogP contribution in [-0.4, -0.2) is 34.0 Å². The molecule has 0 aliphatic heterocycles. The Hall–Kier alpha value is -1.85. The zero-order valence-corrected chi connectivity index (χ0v) is 11.8. The lowest BCUT2D eigenvalue weighted by Gasteiger charge is -2.23. The first-order valence-corrected chi connectivity index (χ1v) is 6.48. The number of hydrogen-bond acceptors (Lipinski definition) is 4.